The Bertz CT molecular complexity index is 2420. The highest BCUT2D eigenvalue weighted by atomic mass is 35.5. The van der Waals surface area contributed by atoms with E-state index >= 15 is 0 Å². The fourth-order valence-electron chi connectivity index (χ4n) is 5.06. The van der Waals surface area contributed by atoms with Crippen LogP contribution in [0.25, 0.3) is 22.3 Å². The first-order valence-corrected chi connectivity index (χ1v) is 20.2. The number of nitrogens with zero attached hydrogens (tertiary/aromatic N) is 5. The van der Waals surface area contributed by atoms with Gasteiger partial charge >= 0.3 is 6.09 Å². The van der Waals surface area contributed by atoms with Gasteiger partial charge < -0.3 is 25.3 Å². The number of amides is 1. The molecule has 0 aliphatic carbocycles. The first-order chi connectivity index (χ1) is 25.0. The number of halogens is 3. The van der Waals surface area contributed by atoms with Crippen molar-refractivity contribution in [3.8, 4) is 22.3 Å². The maximum absolute atomic E-state index is 14.4. The van der Waals surface area contributed by atoms with Crippen LogP contribution in [0.1, 0.15) is 30.5 Å². The Hall–Kier alpha value is -4.60. The summed E-state index contributed by atoms with van der Waals surface area (Å²) in [5.74, 6) is -1.53. The molecule has 0 aromatic carbocycles. The second-order valence-electron chi connectivity index (χ2n) is 12.5. The zero-order valence-electron chi connectivity index (χ0n) is 29.1. The van der Waals surface area contributed by atoms with Crippen molar-refractivity contribution in [1.29, 1.82) is 0 Å². The summed E-state index contributed by atoms with van der Waals surface area (Å²) in [4.78, 5) is 34.1. The van der Waals surface area contributed by atoms with Gasteiger partial charge in [-0.15, -0.1) is 35.1 Å². The average molecular weight is 841 g/mol. The van der Waals surface area contributed by atoms with Crippen LogP contribution in [0.3, 0.4) is 0 Å². The van der Waals surface area contributed by atoms with Gasteiger partial charge in [0.25, 0.3) is 0 Å². The lowest BCUT2D eigenvalue weighted by atomic mass is 9.96. The summed E-state index contributed by atoms with van der Waals surface area (Å²) < 4.78 is 80.1. The number of rotatable bonds is 11. The number of pyridine rings is 2. The lowest BCUT2D eigenvalue weighted by Gasteiger charge is -2.27. The van der Waals surface area contributed by atoms with Crippen LogP contribution >= 0.6 is 35.1 Å². The number of aromatic nitrogens is 6. The van der Waals surface area contributed by atoms with E-state index in [4.69, 9.17) is 0 Å². The summed E-state index contributed by atoms with van der Waals surface area (Å²) in [7, 11) is -6.17. The van der Waals surface area contributed by atoms with Gasteiger partial charge in [0.1, 0.15) is 8.42 Å². The molecule has 6 rings (SSSR count). The van der Waals surface area contributed by atoms with E-state index < -0.39 is 37.7 Å². The Labute approximate surface area is 324 Å². The lowest BCUT2D eigenvalue weighted by molar-refractivity contribution is 0.123. The van der Waals surface area contributed by atoms with Crippen molar-refractivity contribution < 1.29 is 35.5 Å². The molecule has 4 N–H and O–H groups in total. The maximum atomic E-state index is 14.4. The average Bonchev–Trinajstić information content (AvgIpc) is 3.92. The molecule has 0 unspecified atom stereocenters. The predicted molar refractivity (Wildman–Crippen MR) is 201 cm³/mol. The molecule has 0 fully saturated rings. The molecule has 288 valence electrons. The highest BCUT2D eigenvalue weighted by Gasteiger charge is 2.31. The minimum atomic E-state index is -4.07. The minimum Gasteiger partial charge on any atom is -0.465 e. The van der Waals surface area contributed by atoms with E-state index in [9.17, 15) is 35.5 Å². The molecular formula is C33H35ClF2N8O6S4. The third kappa shape index (κ3) is 9.54. The SMILES string of the molecule is CC(C)(C)CN(Cc1cc(-c2cccnc2F)c(S(=O)(=O)c2ncc[nH]2)s1)C(=O)O.CNCc1cc(-c2cccnc2F)c(S(=O)(=O)c2ncc[nH]2)s1.Cl. The van der Waals surface area contributed by atoms with E-state index in [2.05, 4.69) is 35.2 Å². The number of carbonyl (C=O) groups is 1. The van der Waals surface area contributed by atoms with Crippen molar-refractivity contribution in [3.05, 3.63) is 95.2 Å². The third-order valence-corrected chi connectivity index (χ3v) is 13.7. The fourth-order valence-corrected chi connectivity index (χ4v) is 11.0. The van der Waals surface area contributed by atoms with Gasteiger partial charge in [0, 0.05) is 82.3 Å². The molecule has 0 aliphatic rings. The highest BCUT2D eigenvalue weighted by Crippen LogP contribution is 2.40. The summed E-state index contributed by atoms with van der Waals surface area (Å²) in [5.41, 5.74) is 0.288. The topological polar surface area (TPSA) is 204 Å². The van der Waals surface area contributed by atoms with Gasteiger partial charge in [0.15, 0.2) is 0 Å². The Morgan fingerprint density at radius 3 is 1.65 bits per heavy atom. The number of imidazole rings is 2. The van der Waals surface area contributed by atoms with Crippen molar-refractivity contribution in [2.45, 2.75) is 52.6 Å². The second kappa shape index (κ2) is 17.2. The lowest BCUT2D eigenvalue weighted by Crippen LogP contribution is -2.36. The van der Waals surface area contributed by atoms with Crippen molar-refractivity contribution >= 4 is 60.8 Å². The number of nitrogens with one attached hydrogen (secondary N) is 3. The molecule has 0 spiro atoms. The predicted octanol–water partition coefficient (Wildman–Crippen LogP) is 6.68. The molecule has 14 nitrogen and oxygen atoms in total. The van der Waals surface area contributed by atoms with E-state index in [0.29, 0.717) is 17.0 Å². The Morgan fingerprint density at radius 2 is 1.26 bits per heavy atom. The van der Waals surface area contributed by atoms with Crippen molar-refractivity contribution in [1.82, 2.24) is 40.1 Å². The van der Waals surface area contributed by atoms with Gasteiger partial charge in [-0.05, 0) is 48.9 Å². The van der Waals surface area contributed by atoms with Gasteiger partial charge in [0.2, 0.25) is 41.9 Å². The van der Waals surface area contributed by atoms with Gasteiger partial charge in [-0.1, -0.05) is 20.8 Å². The van der Waals surface area contributed by atoms with Crippen molar-refractivity contribution in [2.24, 2.45) is 5.41 Å². The smallest absolute Gasteiger partial charge is 0.407 e. The first kappa shape index (κ1) is 42.1. The maximum Gasteiger partial charge on any atom is 0.407 e. The molecule has 54 heavy (non-hydrogen) atoms. The van der Waals surface area contributed by atoms with Crippen molar-refractivity contribution in [2.75, 3.05) is 13.6 Å². The number of hydrogen-bond acceptors (Lipinski definition) is 12. The minimum absolute atomic E-state index is 0. The molecule has 0 radical (unpaired) electrons. The van der Waals surface area contributed by atoms with Crippen LogP contribution in [0.4, 0.5) is 13.6 Å². The number of thiophene rings is 2. The molecule has 0 aliphatic heterocycles. The first-order valence-electron chi connectivity index (χ1n) is 15.6. The molecule has 6 aromatic rings. The monoisotopic (exact) mass is 840 g/mol. The molecule has 1 amide bonds. The fraction of sp³-hybridized carbons (Fsp3) is 0.242. The molecular weight excluding hydrogens is 806 g/mol. The van der Waals surface area contributed by atoms with Crippen LogP contribution in [0.15, 0.2) is 92.3 Å². The van der Waals surface area contributed by atoms with Crippen LogP contribution in [-0.4, -0.2) is 76.4 Å². The van der Waals surface area contributed by atoms with E-state index in [1.807, 2.05) is 20.8 Å². The summed E-state index contributed by atoms with van der Waals surface area (Å²) in [6, 6.07) is 9.17. The Kier molecular flexibility index (Phi) is 13.5. The quantitative estimate of drug-likeness (QED) is 0.101. The molecule has 0 saturated heterocycles. The normalized spacial score (nSPS) is 11.7. The zero-order chi connectivity index (χ0) is 38.6. The Balaban J connectivity index is 0.000000244. The van der Waals surface area contributed by atoms with Gasteiger partial charge in [-0.25, -0.2) is 41.6 Å². The summed E-state index contributed by atoms with van der Waals surface area (Å²) in [6.07, 6.45) is 6.94. The number of sulfone groups is 2. The Morgan fingerprint density at radius 1 is 0.796 bits per heavy atom. The molecule has 0 bridgehead atoms. The molecule has 6 heterocycles. The molecule has 0 atom stereocenters. The molecule has 6 aromatic heterocycles. The van der Waals surface area contributed by atoms with Crippen LogP contribution in [0.5, 0.6) is 0 Å². The summed E-state index contributed by atoms with van der Waals surface area (Å²) in [6.45, 7) is 6.41. The summed E-state index contributed by atoms with van der Waals surface area (Å²) in [5, 5.41) is 12.1. The number of H-pyrrole nitrogens is 2. The van der Waals surface area contributed by atoms with Crippen molar-refractivity contribution in [3.63, 3.8) is 0 Å². The van der Waals surface area contributed by atoms with Crippen LogP contribution in [0.2, 0.25) is 0 Å². The van der Waals surface area contributed by atoms with E-state index in [-0.39, 0.29) is 66.3 Å². The zero-order valence-corrected chi connectivity index (χ0v) is 33.2. The van der Waals surface area contributed by atoms with Gasteiger partial charge in [-0.2, -0.15) is 8.78 Å². The van der Waals surface area contributed by atoms with E-state index in [1.54, 1.807) is 19.2 Å². The third-order valence-electron chi connectivity index (χ3n) is 7.17. The summed E-state index contributed by atoms with van der Waals surface area (Å²) >= 11 is 1.98. The second-order valence-corrected chi connectivity index (χ2v) is 18.9. The van der Waals surface area contributed by atoms with Gasteiger partial charge in [0.05, 0.1) is 6.54 Å². The van der Waals surface area contributed by atoms with Gasteiger partial charge in [-0.3, -0.25) is 0 Å². The standard InChI is InChI=1S/C19H21FN4O4S2.C14H13FN4O2S2.ClH/c1-19(2,3)11-24(18(25)26)10-12-9-14(13-5-4-6-21-15(13)20)16(29-12)30(27,28)17-22-7-8-23-17;1-16-8-9-7-11(10-3-2-4-17-12(10)15)13(22-9)23(20,21)14-18-5-6-19-14;/h4-9H,10-11H2,1-3H3,(H,22,23)(H,25,26);2-7,16H,8H2,1H3,(H,18,19);1H. The van der Waals surface area contributed by atoms with E-state index in [1.165, 1.54) is 66.3 Å². The van der Waals surface area contributed by atoms with Crippen LogP contribution in [-0.2, 0) is 32.8 Å². The highest BCUT2D eigenvalue weighted by molar-refractivity contribution is 7.93. The number of hydrogen-bond donors (Lipinski definition) is 4. The van der Waals surface area contributed by atoms with Crippen LogP contribution < -0.4 is 5.32 Å². The number of aromatic amines is 2. The van der Waals surface area contributed by atoms with Crippen LogP contribution in [0, 0.1) is 17.3 Å². The van der Waals surface area contributed by atoms with E-state index in [0.717, 1.165) is 27.6 Å². The number of carboxylic acid groups (broad SMARTS) is 1. The largest absolute Gasteiger partial charge is 0.465 e. The molecule has 0 saturated carbocycles. The molecule has 21 heteroatoms.